The van der Waals surface area contributed by atoms with E-state index in [-0.39, 0.29) is 152 Å². The summed E-state index contributed by atoms with van der Waals surface area (Å²) in [5.41, 5.74) is 4.11. The van der Waals surface area contributed by atoms with Crippen LogP contribution >= 0.6 is 64.8 Å². The number of amides is 15. The van der Waals surface area contributed by atoms with Gasteiger partial charge in [0.05, 0.1) is 56.9 Å². The normalized spacial score (nSPS) is 16.4. The minimum atomic E-state index is -1.07. The summed E-state index contributed by atoms with van der Waals surface area (Å²) in [6.45, 7) is 15.5. The molecule has 0 bridgehead atoms. The first-order valence-electron chi connectivity index (χ1n) is 40.4. The highest BCUT2D eigenvalue weighted by Crippen LogP contribution is 2.38. The van der Waals surface area contributed by atoms with Crippen LogP contribution in [0.25, 0.3) is 0 Å². The van der Waals surface area contributed by atoms with E-state index >= 15 is 0 Å². The Morgan fingerprint density at radius 1 is 0.438 bits per heavy atom. The largest absolute Gasteiger partial charge is 0.481 e. The monoisotopic (exact) mass is 1870 g/mol. The lowest BCUT2D eigenvalue weighted by atomic mass is 10.0. The Morgan fingerprint density at radius 3 is 1.15 bits per heavy atom. The molecular weight excluding hydrogens is 1780 g/mol. The molecule has 42 heteroatoms. The van der Waals surface area contributed by atoms with Gasteiger partial charge in [-0.25, -0.2) is 19.2 Å². The summed E-state index contributed by atoms with van der Waals surface area (Å²) in [5, 5.41) is 45.2. The number of imide groups is 3. The Hall–Kier alpha value is -12.1. The molecule has 36 nitrogen and oxygen atoms in total. The molecule has 0 radical (unpaired) electrons. The Labute approximate surface area is 759 Å². The fourth-order valence-electron chi connectivity index (χ4n) is 13.8. The van der Waals surface area contributed by atoms with Gasteiger partial charge in [0.2, 0.25) is 35.4 Å². The number of ether oxygens (including phenoxy) is 3. The molecule has 15 amide bonds. The molecule has 0 spiro atoms. The van der Waals surface area contributed by atoms with Crippen LogP contribution < -0.4 is 37.2 Å². The quantitative estimate of drug-likeness (QED) is 0.00752. The molecule has 128 heavy (non-hydrogen) atoms. The van der Waals surface area contributed by atoms with E-state index in [0.29, 0.717) is 96.8 Å². The average Bonchev–Trinajstić information content (AvgIpc) is 1.61. The Bertz CT molecular complexity index is 5080. The number of nitrogens with one attached hydrogen (secondary N) is 7. The van der Waals surface area contributed by atoms with Gasteiger partial charge in [0.15, 0.2) is 0 Å². The number of carbonyl (C=O) groups excluding carboxylic acids is 15. The number of carbonyl (C=O) groups is 18. The van der Waals surface area contributed by atoms with Gasteiger partial charge in [0.1, 0.15) is 50.5 Å². The zero-order valence-corrected chi connectivity index (χ0v) is 74.7. The molecule has 3 saturated heterocycles. The number of piperidine rings is 3. The number of anilines is 3. The third-order valence-corrected chi connectivity index (χ3v) is 26.9. The van der Waals surface area contributed by atoms with E-state index in [1.54, 1.807) is 4.90 Å². The number of benzene rings is 5. The zero-order valence-electron chi connectivity index (χ0n) is 69.8. The van der Waals surface area contributed by atoms with Gasteiger partial charge in [-0.2, -0.15) is 0 Å². The number of hydrogen-bond acceptors (Lipinski definition) is 27. The number of nitrogens with zero attached hydrogens (tertiary/aromatic N) is 5. The molecule has 6 aliphatic heterocycles. The summed E-state index contributed by atoms with van der Waals surface area (Å²) >= 11 is 0. The number of carboxylic acid groups (broad SMARTS) is 3. The van der Waals surface area contributed by atoms with Crippen LogP contribution in [0.3, 0.4) is 0 Å². The van der Waals surface area contributed by atoms with Gasteiger partial charge in [-0.15, -0.1) is 0 Å². The second kappa shape index (κ2) is 49.3. The zero-order chi connectivity index (χ0) is 92.7. The summed E-state index contributed by atoms with van der Waals surface area (Å²) in [6, 6.07) is 28.5. The molecule has 3 fully saturated rings. The summed E-state index contributed by atoms with van der Waals surface area (Å²) < 4.78 is 15.6. The van der Waals surface area contributed by atoms with Crippen LogP contribution in [0, 0.1) is 5.92 Å². The van der Waals surface area contributed by atoms with Crippen molar-refractivity contribution < 1.29 is 116 Å². The van der Waals surface area contributed by atoms with Crippen molar-refractivity contribution in [1.82, 2.24) is 45.8 Å². The Morgan fingerprint density at radius 2 is 0.797 bits per heavy atom. The molecule has 6 heterocycles. The molecule has 6 aliphatic rings. The average molecular weight is 1870 g/mol. The third-order valence-electron chi connectivity index (χ3n) is 19.8. The van der Waals surface area contributed by atoms with Crippen molar-refractivity contribution >= 4 is 189 Å². The fraction of sp³-hybridized carbons (Fsp3) is 0.372. The van der Waals surface area contributed by atoms with Gasteiger partial charge >= 0.3 is 36.2 Å². The SMILES string of the molecule is C=C1CCC(N2C(=O)c3cccc(NC(=O)OCCSSCCC(=O)N(CCC(=O)O)Cc4ccccc4)c3C2=O)C(=O)N1.C=C1CCC(N2C(=O)c3cccc(NC(=O)OCCSSCCC(=O)N(CCc4ccccc4)CC(=O)O)c3C2=O)C(=O)N1.C=C1CCC(N2C(=O)c3cccc(NC(=O)OCCSSCCC(=O)N[C@@H](CC(C)C)C(=O)O)c3C2=O)C(=O)N1. The molecule has 0 saturated carbocycles. The van der Waals surface area contributed by atoms with Crippen LogP contribution in [0.2, 0.25) is 0 Å². The molecular formula is C86H96N12O24S6. The molecule has 5 aromatic carbocycles. The van der Waals surface area contributed by atoms with E-state index in [0.717, 1.165) is 25.8 Å². The first kappa shape index (κ1) is 99.7. The smallest absolute Gasteiger partial charge is 0.411 e. The van der Waals surface area contributed by atoms with Gasteiger partial charge < -0.3 is 60.6 Å². The number of fused-ring (bicyclic) bond motifs is 3. The number of aliphatic carboxylic acids is 3. The maximum atomic E-state index is 13.2. The number of allylic oxidation sites excluding steroid dienone is 3. The number of hydrogen-bond donors (Lipinski definition) is 10. The van der Waals surface area contributed by atoms with Gasteiger partial charge in [0, 0.05) is 90.5 Å². The number of carboxylic acids is 3. The van der Waals surface area contributed by atoms with Crippen molar-refractivity contribution in [3.05, 3.63) is 197 Å². The summed E-state index contributed by atoms with van der Waals surface area (Å²) in [5.74, 6) is -6.30. The van der Waals surface area contributed by atoms with Gasteiger partial charge in [-0.05, 0) is 105 Å². The topological polar surface area (TPSA) is 496 Å². The third kappa shape index (κ3) is 28.7. The first-order chi connectivity index (χ1) is 61.3. The lowest BCUT2D eigenvalue weighted by Gasteiger charge is -2.29. The summed E-state index contributed by atoms with van der Waals surface area (Å²) in [4.78, 5) is 229. The highest BCUT2D eigenvalue weighted by atomic mass is 33.1. The van der Waals surface area contributed by atoms with Crippen molar-refractivity contribution in [2.24, 2.45) is 5.92 Å². The predicted molar refractivity (Wildman–Crippen MR) is 483 cm³/mol. The molecule has 4 atom stereocenters. The maximum absolute atomic E-state index is 13.2. The second-order valence-electron chi connectivity index (χ2n) is 29.5. The lowest BCUT2D eigenvalue weighted by Crippen LogP contribution is -2.51. The minimum Gasteiger partial charge on any atom is -0.481 e. The maximum Gasteiger partial charge on any atom is 0.411 e. The van der Waals surface area contributed by atoms with Crippen molar-refractivity contribution in [2.75, 3.05) is 89.9 Å². The van der Waals surface area contributed by atoms with E-state index < -0.39 is 114 Å². The molecule has 0 aliphatic carbocycles. The Balaban J connectivity index is 0.000000217. The van der Waals surface area contributed by atoms with Crippen molar-refractivity contribution in [2.45, 2.75) is 122 Å². The van der Waals surface area contributed by atoms with Crippen molar-refractivity contribution in [3.8, 4) is 0 Å². The van der Waals surface area contributed by atoms with Gasteiger partial charge in [-0.3, -0.25) is 97.8 Å². The minimum absolute atomic E-state index is 0.00181. The molecule has 10 N–H and O–H groups in total. The standard InChI is InChI=1S/2C30H32N4O8S2.C26H32N4O8S2/c1-19-10-11-23(27(38)31-19)34-28(39)21-8-5-9-22(26(21)29(34)40)32-30(41)42-15-17-44-43-16-13-24(35)33(14-12-25(36)37)18-20-6-3-2-4-7-20;1-19-10-11-23(27(38)31-19)34-28(39)21-8-5-9-22(26(21)29(34)40)32-30(41)42-15-17-44-43-16-13-24(35)33(18-25(36)37)14-12-20-6-3-2-4-7-20;1-14(2)13-18(25(35)36)28-20(31)9-11-39-40-12-10-38-26(37)29-17-6-4-5-16-21(17)24(34)30(23(16)33)19-8-7-15(3)27-22(19)32/h2*2-9,23H,1,10-18H2,(H,31,38)(H,32,41)(H,36,37);4-6,14,18-19H,3,7-13H2,1-2H3,(H,27,32)(H,28,31)(H,29,37)(H,35,36)/t;;18-,19?/m..0/s1. The fourth-order valence-corrected chi connectivity index (χ4v) is 19.2. The highest BCUT2D eigenvalue weighted by molar-refractivity contribution is 8.77. The number of rotatable bonds is 41. The molecule has 0 aromatic heterocycles. The summed E-state index contributed by atoms with van der Waals surface area (Å²) in [6.07, 6.45) is 1.00. The van der Waals surface area contributed by atoms with E-state index in [2.05, 4.69) is 57.0 Å². The second-order valence-corrected chi connectivity index (χ2v) is 37.6. The summed E-state index contributed by atoms with van der Waals surface area (Å²) in [7, 11) is 8.41. The van der Waals surface area contributed by atoms with Crippen LogP contribution in [0.4, 0.5) is 31.4 Å². The molecule has 680 valence electrons. The predicted octanol–water partition coefficient (Wildman–Crippen LogP) is 10.5. The van der Waals surface area contributed by atoms with E-state index in [1.807, 2.05) is 74.5 Å². The van der Waals surface area contributed by atoms with E-state index in [9.17, 15) is 96.5 Å². The van der Waals surface area contributed by atoms with Crippen LogP contribution in [-0.4, -0.2) is 245 Å². The Kier molecular flexibility index (Phi) is 38.4. The van der Waals surface area contributed by atoms with Crippen LogP contribution in [-0.2, 0) is 70.3 Å². The van der Waals surface area contributed by atoms with Crippen LogP contribution in [0.15, 0.2) is 152 Å². The van der Waals surface area contributed by atoms with Gasteiger partial charge in [0.25, 0.3) is 35.4 Å². The highest BCUT2D eigenvalue weighted by Gasteiger charge is 2.49. The molecule has 3 unspecified atom stereocenters. The van der Waals surface area contributed by atoms with Crippen LogP contribution in [0.5, 0.6) is 0 Å². The van der Waals surface area contributed by atoms with Crippen molar-refractivity contribution in [1.29, 1.82) is 0 Å². The lowest BCUT2D eigenvalue weighted by molar-refractivity contribution is -0.144. The molecule has 11 rings (SSSR count). The van der Waals surface area contributed by atoms with E-state index in [4.69, 9.17) is 19.3 Å². The van der Waals surface area contributed by atoms with Crippen LogP contribution in [0.1, 0.15) is 158 Å². The molecule has 5 aromatic rings. The van der Waals surface area contributed by atoms with E-state index in [1.165, 1.54) is 124 Å². The first-order valence-corrected chi connectivity index (χ1v) is 47.9. The van der Waals surface area contributed by atoms with Gasteiger partial charge in [-0.1, -0.05) is 177 Å². The van der Waals surface area contributed by atoms with Crippen molar-refractivity contribution in [3.63, 3.8) is 0 Å².